The molecule has 112 valence electrons. The molecule has 2 heterocycles. The standard InChI is InChI=1S/C14H25N5O/c1-20-11-2-4-13(15)12-18-7-9-19(10-8-18)14-16-5-3-6-17-14/h3,5-6,13H,2,4,7-12,15H2,1H3. The predicted octanol–water partition coefficient (Wildman–Crippen LogP) is 0.353. The highest BCUT2D eigenvalue weighted by Crippen LogP contribution is 2.10. The molecule has 0 amide bonds. The van der Waals surface area contributed by atoms with E-state index in [0.717, 1.165) is 58.1 Å². The molecular formula is C14H25N5O. The monoisotopic (exact) mass is 279 g/mol. The molecule has 1 saturated heterocycles. The normalized spacial score (nSPS) is 18.2. The van der Waals surface area contributed by atoms with Crippen LogP contribution in [-0.2, 0) is 4.74 Å². The van der Waals surface area contributed by atoms with Crippen LogP contribution in [0.2, 0.25) is 0 Å². The molecule has 0 saturated carbocycles. The minimum atomic E-state index is 0.240. The summed E-state index contributed by atoms with van der Waals surface area (Å²) < 4.78 is 5.06. The third kappa shape index (κ3) is 4.70. The Balaban J connectivity index is 1.69. The Labute approximate surface area is 120 Å². The third-order valence-corrected chi connectivity index (χ3v) is 3.62. The SMILES string of the molecule is COCCCC(N)CN1CCN(c2ncccn2)CC1. The Morgan fingerprint density at radius 3 is 2.60 bits per heavy atom. The Morgan fingerprint density at radius 1 is 1.25 bits per heavy atom. The molecule has 1 unspecified atom stereocenters. The second-order valence-corrected chi connectivity index (χ2v) is 5.23. The van der Waals surface area contributed by atoms with Gasteiger partial charge in [-0.2, -0.15) is 0 Å². The fourth-order valence-electron chi connectivity index (χ4n) is 2.50. The molecule has 0 aromatic carbocycles. The lowest BCUT2D eigenvalue weighted by Gasteiger charge is -2.35. The summed E-state index contributed by atoms with van der Waals surface area (Å²) in [6.07, 6.45) is 5.65. The maximum atomic E-state index is 6.16. The average molecular weight is 279 g/mol. The molecule has 1 aliphatic rings. The van der Waals surface area contributed by atoms with E-state index in [0.29, 0.717) is 0 Å². The van der Waals surface area contributed by atoms with Gasteiger partial charge >= 0.3 is 0 Å². The molecule has 0 aliphatic carbocycles. The highest BCUT2D eigenvalue weighted by atomic mass is 16.5. The average Bonchev–Trinajstić information content (AvgIpc) is 2.49. The summed E-state index contributed by atoms with van der Waals surface area (Å²) in [4.78, 5) is 13.2. The van der Waals surface area contributed by atoms with Gasteiger partial charge in [0.25, 0.3) is 0 Å². The highest BCUT2D eigenvalue weighted by molar-refractivity contribution is 5.29. The fraction of sp³-hybridized carbons (Fsp3) is 0.714. The number of rotatable bonds is 7. The number of methoxy groups -OCH3 is 1. The summed E-state index contributed by atoms with van der Waals surface area (Å²) in [5.41, 5.74) is 6.16. The van der Waals surface area contributed by atoms with Crippen LogP contribution in [0.1, 0.15) is 12.8 Å². The number of nitrogens with zero attached hydrogens (tertiary/aromatic N) is 4. The Bertz CT molecular complexity index is 367. The maximum Gasteiger partial charge on any atom is 0.225 e. The highest BCUT2D eigenvalue weighted by Gasteiger charge is 2.19. The number of aromatic nitrogens is 2. The van der Waals surface area contributed by atoms with Crippen molar-refractivity contribution >= 4 is 5.95 Å². The first kappa shape index (κ1) is 15.2. The van der Waals surface area contributed by atoms with Gasteiger partial charge in [0.05, 0.1) is 0 Å². The second-order valence-electron chi connectivity index (χ2n) is 5.23. The maximum absolute atomic E-state index is 6.16. The van der Waals surface area contributed by atoms with Crippen molar-refractivity contribution in [3.63, 3.8) is 0 Å². The minimum absolute atomic E-state index is 0.240. The van der Waals surface area contributed by atoms with Gasteiger partial charge in [0, 0.05) is 64.9 Å². The molecule has 0 spiro atoms. The van der Waals surface area contributed by atoms with Gasteiger partial charge in [0.15, 0.2) is 0 Å². The van der Waals surface area contributed by atoms with Crippen LogP contribution in [0.3, 0.4) is 0 Å². The van der Waals surface area contributed by atoms with E-state index >= 15 is 0 Å². The van der Waals surface area contributed by atoms with Crippen LogP contribution in [-0.4, -0.2) is 67.4 Å². The van der Waals surface area contributed by atoms with Crippen LogP contribution >= 0.6 is 0 Å². The molecular weight excluding hydrogens is 254 g/mol. The van der Waals surface area contributed by atoms with Gasteiger partial charge < -0.3 is 15.4 Å². The molecule has 1 aromatic heterocycles. The zero-order valence-electron chi connectivity index (χ0n) is 12.2. The number of hydrogen-bond donors (Lipinski definition) is 1. The van der Waals surface area contributed by atoms with E-state index < -0.39 is 0 Å². The molecule has 6 nitrogen and oxygen atoms in total. The molecule has 1 aliphatic heterocycles. The number of nitrogens with two attached hydrogens (primary N) is 1. The number of ether oxygens (including phenoxy) is 1. The lowest BCUT2D eigenvalue weighted by Crippen LogP contribution is -2.50. The van der Waals surface area contributed by atoms with Gasteiger partial charge in [-0.3, -0.25) is 4.90 Å². The van der Waals surface area contributed by atoms with E-state index in [-0.39, 0.29) is 6.04 Å². The number of anilines is 1. The van der Waals surface area contributed by atoms with Crippen LogP contribution in [0.25, 0.3) is 0 Å². The topological polar surface area (TPSA) is 67.5 Å². The third-order valence-electron chi connectivity index (χ3n) is 3.62. The lowest BCUT2D eigenvalue weighted by atomic mass is 10.1. The summed E-state index contributed by atoms with van der Waals surface area (Å²) in [7, 11) is 1.73. The van der Waals surface area contributed by atoms with Gasteiger partial charge in [-0.1, -0.05) is 0 Å². The molecule has 2 rings (SSSR count). The first-order chi connectivity index (χ1) is 9.79. The summed E-state index contributed by atoms with van der Waals surface area (Å²) in [6.45, 7) is 5.75. The number of hydrogen-bond acceptors (Lipinski definition) is 6. The van der Waals surface area contributed by atoms with Crippen molar-refractivity contribution in [3.8, 4) is 0 Å². The molecule has 6 heteroatoms. The van der Waals surface area contributed by atoms with Crippen molar-refractivity contribution in [1.82, 2.24) is 14.9 Å². The van der Waals surface area contributed by atoms with Crippen LogP contribution in [0.5, 0.6) is 0 Å². The van der Waals surface area contributed by atoms with Gasteiger partial charge in [0.1, 0.15) is 0 Å². The van der Waals surface area contributed by atoms with Gasteiger partial charge in [-0.25, -0.2) is 9.97 Å². The van der Waals surface area contributed by atoms with Gasteiger partial charge in [0.2, 0.25) is 5.95 Å². The lowest BCUT2D eigenvalue weighted by molar-refractivity contribution is 0.183. The molecule has 0 bridgehead atoms. The molecule has 2 N–H and O–H groups in total. The van der Waals surface area contributed by atoms with Crippen LogP contribution in [0.4, 0.5) is 5.95 Å². The predicted molar refractivity (Wildman–Crippen MR) is 79.8 cm³/mol. The Hall–Kier alpha value is -1.24. The first-order valence-electron chi connectivity index (χ1n) is 7.28. The molecule has 20 heavy (non-hydrogen) atoms. The molecule has 1 aromatic rings. The molecule has 0 radical (unpaired) electrons. The van der Waals surface area contributed by atoms with Crippen molar-refractivity contribution < 1.29 is 4.74 Å². The van der Waals surface area contributed by atoms with E-state index in [1.54, 1.807) is 19.5 Å². The van der Waals surface area contributed by atoms with E-state index in [9.17, 15) is 0 Å². The first-order valence-corrected chi connectivity index (χ1v) is 7.28. The van der Waals surface area contributed by atoms with Crippen molar-refractivity contribution in [2.24, 2.45) is 5.73 Å². The van der Waals surface area contributed by atoms with Crippen molar-refractivity contribution in [1.29, 1.82) is 0 Å². The van der Waals surface area contributed by atoms with Crippen molar-refractivity contribution in [2.75, 3.05) is 51.3 Å². The zero-order chi connectivity index (χ0) is 14.2. The van der Waals surface area contributed by atoms with Crippen LogP contribution in [0, 0.1) is 0 Å². The van der Waals surface area contributed by atoms with E-state index in [1.165, 1.54) is 0 Å². The van der Waals surface area contributed by atoms with E-state index in [2.05, 4.69) is 19.8 Å². The van der Waals surface area contributed by atoms with Crippen LogP contribution < -0.4 is 10.6 Å². The minimum Gasteiger partial charge on any atom is -0.385 e. The van der Waals surface area contributed by atoms with Crippen molar-refractivity contribution in [2.45, 2.75) is 18.9 Å². The summed E-state index contributed by atoms with van der Waals surface area (Å²) in [5.74, 6) is 0.830. The summed E-state index contributed by atoms with van der Waals surface area (Å²) in [5, 5.41) is 0. The molecule has 1 atom stereocenters. The van der Waals surface area contributed by atoms with Gasteiger partial charge in [-0.05, 0) is 18.9 Å². The fourth-order valence-corrected chi connectivity index (χ4v) is 2.50. The quantitative estimate of drug-likeness (QED) is 0.727. The number of piperazine rings is 1. The summed E-state index contributed by atoms with van der Waals surface area (Å²) in [6, 6.07) is 2.09. The zero-order valence-corrected chi connectivity index (χ0v) is 12.2. The Kier molecular flexibility index (Phi) is 6.17. The van der Waals surface area contributed by atoms with E-state index in [1.807, 2.05) is 6.07 Å². The van der Waals surface area contributed by atoms with E-state index in [4.69, 9.17) is 10.5 Å². The Morgan fingerprint density at radius 2 is 1.95 bits per heavy atom. The molecule has 1 fully saturated rings. The van der Waals surface area contributed by atoms with Crippen LogP contribution in [0.15, 0.2) is 18.5 Å². The smallest absolute Gasteiger partial charge is 0.225 e. The van der Waals surface area contributed by atoms with Gasteiger partial charge in [-0.15, -0.1) is 0 Å². The second kappa shape index (κ2) is 8.14. The summed E-state index contributed by atoms with van der Waals surface area (Å²) >= 11 is 0. The van der Waals surface area contributed by atoms with Crippen molar-refractivity contribution in [3.05, 3.63) is 18.5 Å². The largest absolute Gasteiger partial charge is 0.385 e.